The van der Waals surface area contributed by atoms with Gasteiger partial charge in [-0.2, -0.15) is 0 Å². The van der Waals surface area contributed by atoms with Crippen LogP contribution < -0.4 is 14.8 Å². The Morgan fingerprint density at radius 2 is 1.84 bits per heavy atom. The van der Waals surface area contributed by atoms with Crippen molar-refractivity contribution >= 4 is 10.0 Å². The summed E-state index contributed by atoms with van der Waals surface area (Å²) in [6.45, 7) is 6.82. The van der Waals surface area contributed by atoms with E-state index in [1.54, 1.807) is 7.11 Å². The molecule has 32 heavy (non-hydrogen) atoms. The number of hydrogen-bond donors (Lipinski definition) is 3. The summed E-state index contributed by atoms with van der Waals surface area (Å²) in [5, 5.41) is 13.3. The van der Waals surface area contributed by atoms with E-state index in [-0.39, 0.29) is 11.5 Å². The van der Waals surface area contributed by atoms with E-state index in [1.807, 2.05) is 0 Å². The molecule has 180 valence electrons. The van der Waals surface area contributed by atoms with Crippen molar-refractivity contribution < 1.29 is 18.3 Å². The van der Waals surface area contributed by atoms with Crippen LogP contribution >= 0.6 is 0 Å². The van der Waals surface area contributed by atoms with Crippen molar-refractivity contribution in [1.82, 2.24) is 10.0 Å². The van der Waals surface area contributed by atoms with Gasteiger partial charge in [0.2, 0.25) is 10.0 Å². The molecule has 7 heteroatoms. The predicted molar refractivity (Wildman–Crippen MR) is 129 cm³/mol. The molecule has 1 aromatic rings. The number of methoxy groups -OCH3 is 1. The van der Waals surface area contributed by atoms with Gasteiger partial charge >= 0.3 is 0 Å². The van der Waals surface area contributed by atoms with E-state index in [0.717, 1.165) is 63.7 Å². The molecule has 2 aliphatic rings. The van der Waals surface area contributed by atoms with E-state index in [0.29, 0.717) is 30.3 Å². The molecule has 0 aromatic heterocycles. The van der Waals surface area contributed by atoms with E-state index in [1.165, 1.54) is 18.1 Å². The van der Waals surface area contributed by atoms with Crippen LogP contribution in [0.5, 0.6) is 5.75 Å². The fraction of sp³-hybridized carbons (Fsp3) is 0.680. The third kappa shape index (κ3) is 6.56. The summed E-state index contributed by atoms with van der Waals surface area (Å²) in [5.41, 5.74) is 2.78. The van der Waals surface area contributed by atoms with Gasteiger partial charge in [-0.3, -0.25) is 0 Å². The predicted octanol–water partition coefficient (Wildman–Crippen LogP) is 3.72. The average molecular weight is 465 g/mol. The number of benzene rings is 1. The van der Waals surface area contributed by atoms with E-state index in [9.17, 15) is 13.5 Å². The molecule has 0 radical (unpaired) electrons. The van der Waals surface area contributed by atoms with Crippen molar-refractivity contribution in [1.29, 1.82) is 0 Å². The van der Waals surface area contributed by atoms with E-state index < -0.39 is 10.0 Å². The first-order chi connectivity index (χ1) is 15.3. The summed E-state index contributed by atoms with van der Waals surface area (Å²) >= 11 is 0. The van der Waals surface area contributed by atoms with Gasteiger partial charge in [-0.05, 0) is 106 Å². The van der Waals surface area contributed by atoms with Gasteiger partial charge in [0.25, 0.3) is 0 Å². The summed E-state index contributed by atoms with van der Waals surface area (Å²) in [4.78, 5) is 0.179. The standard InChI is InChI=1S/C25H40N2O4S/c1-18(2)32(29,30)27-17-20-8-6-19(7-9-20)16-26-25-13-10-21-15-22(31-3)11-12-23(21)24(25)5-4-14-28/h11-12,15,19-20,24-28H,1,4-10,13-14,16-17H2,2-3H3. The van der Waals surface area contributed by atoms with Crippen molar-refractivity contribution in [3.8, 4) is 5.75 Å². The highest BCUT2D eigenvalue weighted by atomic mass is 32.2. The number of fused-ring (bicyclic) bond motifs is 1. The van der Waals surface area contributed by atoms with Crippen LogP contribution in [0.3, 0.4) is 0 Å². The topological polar surface area (TPSA) is 87.7 Å². The Labute approximate surface area is 193 Å². The number of aliphatic hydroxyl groups is 1. The maximum atomic E-state index is 11.9. The Bertz CT molecular complexity index is 863. The van der Waals surface area contributed by atoms with E-state index in [4.69, 9.17) is 4.74 Å². The first-order valence-corrected chi connectivity index (χ1v) is 13.5. The Kier molecular flexibility index (Phi) is 9.17. The average Bonchev–Trinajstić information content (AvgIpc) is 2.80. The number of nitrogens with one attached hydrogen (secondary N) is 2. The number of aliphatic hydroxyl groups excluding tert-OH is 1. The van der Waals surface area contributed by atoms with Crippen LogP contribution in [0.15, 0.2) is 29.7 Å². The summed E-state index contributed by atoms with van der Waals surface area (Å²) in [5.74, 6) is 2.39. The smallest absolute Gasteiger partial charge is 0.235 e. The zero-order chi connectivity index (χ0) is 23.1. The Hall–Kier alpha value is -1.41. The number of allylic oxidation sites excluding steroid dienone is 1. The lowest BCUT2D eigenvalue weighted by Gasteiger charge is -2.36. The van der Waals surface area contributed by atoms with Crippen molar-refractivity contribution in [3.63, 3.8) is 0 Å². The van der Waals surface area contributed by atoms with Gasteiger partial charge in [-0.1, -0.05) is 12.6 Å². The molecule has 2 unspecified atom stereocenters. The van der Waals surface area contributed by atoms with Crippen LogP contribution in [0.4, 0.5) is 0 Å². The van der Waals surface area contributed by atoms with Crippen LogP contribution in [0.25, 0.3) is 0 Å². The SMILES string of the molecule is C=C(C)S(=O)(=O)NCC1CCC(CNC2CCc3cc(OC)ccc3C2CCCO)CC1. The lowest BCUT2D eigenvalue weighted by atomic mass is 9.76. The molecule has 0 heterocycles. The van der Waals surface area contributed by atoms with Gasteiger partial charge in [0.1, 0.15) is 5.75 Å². The molecule has 1 aromatic carbocycles. The fourth-order valence-corrected chi connectivity index (χ4v) is 5.94. The third-order valence-corrected chi connectivity index (χ3v) is 8.75. The van der Waals surface area contributed by atoms with Gasteiger partial charge in [-0.15, -0.1) is 0 Å². The van der Waals surface area contributed by atoms with Crippen LogP contribution in [0.1, 0.15) is 68.9 Å². The molecule has 2 atom stereocenters. The number of rotatable bonds is 11. The highest BCUT2D eigenvalue weighted by Crippen LogP contribution is 2.37. The quantitative estimate of drug-likeness (QED) is 0.465. The largest absolute Gasteiger partial charge is 0.497 e. The molecule has 0 saturated heterocycles. The molecule has 0 bridgehead atoms. The van der Waals surface area contributed by atoms with Crippen molar-refractivity contribution in [2.75, 3.05) is 26.8 Å². The van der Waals surface area contributed by atoms with Gasteiger partial charge in [-0.25, -0.2) is 13.1 Å². The normalized spacial score (nSPS) is 25.8. The summed E-state index contributed by atoms with van der Waals surface area (Å²) < 4.78 is 31.9. The van der Waals surface area contributed by atoms with Crippen LogP contribution in [-0.2, 0) is 16.4 Å². The molecule has 3 rings (SSSR count). The van der Waals surface area contributed by atoms with Gasteiger partial charge in [0.05, 0.1) is 7.11 Å². The molecule has 3 N–H and O–H groups in total. The molecule has 1 fully saturated rings. The maximum Gasteiger partial charge on any atom is 0.235 e. The van der Waals surface area contributed by atoms with Crippen LogP contribution in [-0.4, -0.2) is 46.4 Å². The van der Waals surface area contributed by atoms with Crippen molar-refractivity contribution in [2.45, 2.75) is 70.3 Å². The lowest BCUT2D eigenvalue weighted by molar-refractivity contribution is 0.242. The van der Waals surface area contributed by atoms with Crippen LogP contribution in [0, 0.1) is 11.8 Å². The Morgan fingerprint density at radius 1 is 1.16 bits per heavy atom. The molecular weight excluding hydrogens is 424 g/mol. The molecule has 6 nitrogen and oxygen atoms in total. The highest BCUT2D eigenvalue weighted by molar-refractivity contribution is 7.93. The van der Waals surface area contributed by atoms with Crippen molar-refractivity contribution in [3.05, 3.63) is 40.8 Å². The molecule has 0 aliphatic heterocycles. The minimum atomic E-state index is -3.36. The molecular formula is C25H40N2O4S. The number of sulfonamides is 1. The summed E-state index contributed by atoms with van der Waals surface area (Å²) in [7, 11) is -1.65. The summed E-state index contributed by atoms with van der Waals surface area (Å²) in [6.07, 6.45) is 8.35. The van der Waals surface area contributed by atoms with E-state index in [2.05, 4.69) is 34.8 Å². The second-order valence-electron chi connectivity index (χ2n) is 9.53. The first-order valence-electron chi connectivity index (χ1n) is 12.0. The zero-order valence-electron chi connectivity index (χ0n) is 19.6. The first kappa shape index (κ1) is 25.2. The number of ether oxygens (including phenoxy) is 1. The van der Waals surface area contributed by atoms with Gasteiger partial charge in [0.15, 0.2) is 0 Å². The number of hydrogen-bond acceptors (Lipinski definition) is 5. The molecule has 2 aliphatic carbocycles. The zero-order valence-corrected chi connectivity index (χ0v) is 20.4. The minimum Gasteiger partial charge on any atom is -0.497 e. The molecule has 0 amide bonds. The minimum absolute atomic E-state index is 0.179. The highest BCUT2D eigenvalue weighted by Gasteiger charge is 2.30. The van der Waals surface area contributed by atoms with E-state index >= 15 is 0 Å². The number of aryl methyl sites for hydroxylation is 1. The summed E-state index contributed by atoms with van der Waals surface area (Å²) in [6, 6.07) is 6.86. The Morgan fingerprint density at radius 3 is 2.47 bits per heavy atom. The lowest BCUT2D eigenvalue weighted by Crippen LogP contribution is -2.41. The van der Waals surface area contributed by atoms with Gasteiger partial charge in [0, 0.05) is 24.1 Å². The van der Waals surface area contributed by atoms with Crippen molar-refractivity contribution in [2.24, 2.45) is 11.8 Å². The maximum absolute atomic E-state index is 11.9. The fourth-order valence-electron chi connectivity index (χ4n) is 5.24. The monoisotopic (exact) mass is 464 g/mol. The Balaban J connectivity index is 1.51. The van der Waals surface area contributed by atoms with Crippen LogP contribution in [0.2, 0.25) is 0 Å². The second-order valence-corrected chi connectivity index (χ2v) is 11.5. The molecule has 0 spiro atoms. The second kappa shape index (κ2) is 11.6. The van der Waals surface area contributed by atoms with Gasteiger partial charge < -0.3 is 15.2 Å². The molecule has 1 saturated carbocycles. The third-order valence-electron chi connectivity index (χ3n) is 7.29.